The van der Waals surface area contributed by atoms with E-state index in [-0.39, 0.29) is 17.4 Å². The van der Waals surface area contributed by atoms with Crippen molar-refractivity contribution in [3.8, 4) is 0 Å². The summed E-state index contributed by atoms with van der Waals surface area (Å²) in [6.07, 6.45) is 0.205. The standard InChI is InChI=1S/C18H27N3O3.C2HF3O2/c1-12-15(13(2)24-20-12)10-21-8-6-16-18(11-21,7-9-23-16)17(22)19-14-4-3-5-14;3-2(4,5)1(6)7/h14,16H,3-11H2,1-2H3,(H,19,22);(H,6,7)/t16-,18-;/m1./s1. The first-order valence-corrected chi connectivity index (χ1v) is 10.4. The van der Waals surface area contributed by atoms with Crippen molar-refractivity contribution in [2.45, 2.75) is 70.8 Å². The number of carboxylic acids is 1. The highest BCUT2D eigenvalue weighted by molar-refractivity contribution is 5.84. The SMILES string of the molecule is Cc1noc(C)c1CN1CC[C@H]2OCC[C@@]2(C(=O)NC2CCC2)C1.O=C(O)C(F)(F)F. The molecule has 2 aliphatic heterocycles. The first-order chi connectivity index (χ1) is 14.5. The third-order valence-electron chi connectivity index (χ3n) is 6.39. The van der Waals surface area contributed by atoms with E-state index in [0.29, 0.717) is 12.6 Å². The molecule has 3 fully saturated rings. The number of likely N-dealkylation sites (tertiary alicyclic amines) is 1. The Morgan fingerprint density at radius 2 is 1.97 bits per heavy atom. The molecule has 8 nitrogen and oxygen atoms in total. The summed E-state index contributed by atoms with van der Waals surface area (Å²) in [4.78, 5) is 24.3. The molecule has 1 aromatic heterocycles. The molecular formula is C20H28F3N3O5. The lowest BCUT2D eigenvalue weighted by Crippen LogP contribution is -2.58. The maximum Gasteiger partial charge on any atom is 0.490 e. The lowest BCUT2D eigenvalue weighted by atomic mass is 9.75. The summed E-state index contributed by atoms with van der Waals surface area (Å²) in [5.41, 5.74) is 1.72. The van der Waals surface area contributed by atoms with Gasteiger partial charge >= 0.3 is 12.1 Å². The first kappa shape index (κ1) is 23.5. The number of ether oxygens (including phenoxy) is 1. The van der Waals surface area contributed by atoms with Gasteiger partial charge in [-0.25, -0.2) is 4.79 Å². The van der Waals surface area contributed by atoms with E-state index in [4.69, 9.17) is 19.2 Å². The van der Waals surface area contributed by atoms with Crippen LogP contribution in [-0.4, -0.2) is 65.1 Å². The molecule has 2 N–H and O–H groups in total. The summed E-state index contributed by atoms with van der Waals surface area (Å²) < 4.78 is 43.0. The van der Waals surface area contributed by atoms with Crippen molar-refractivity contribution in [1.82, 2.24) is 15.4 Å². The van der Waals surface area contributed by atoms with Crippen LogP contribution in [0.2, 0.25) is 0 Å². The van der Waals surface area contributed by atoms with Crippen LogP contribution < -0.4 is 5.32 Å². The van der Waals surface area contributed by atoms with Gasteiger partial charge in [0.05, 0.1) is 17.2 Å². The number of aryl methyl sites for hydroxylation is 2. The molecule has 0 spiro atoms. The Labute approximate surface area is 178 Å². The van der Waals surface area contributed by atoms with E-state index >= 15 is 0 Å². The van der Waals surface area contributed by atoms with Gasteiger partial charge in [-0.3, -0.25) is 9.69 Å². The van der Waals surface area contributed by atoms with Crippen LogP contribution in [0.5, 0.6) is 0 Å². The van der Waals surface area contributed by atoms with Gasteiger partial charge < -0.3 is 19.7 Å². The van der Waals surface area contributed by atoms with E-state index in [2.05, 4.69) is 15.4 Å². The van der Waals surface area contributed by atoms with Gasteiger partial charge in [-0.1, -0.05) is 5.16 Å². The van der Waals surface area contributed by atoms with E-state index in [1.165, 1.54) is 6.42 Å². The third-order valence-corrected chi connectivity index (χ3v) is 6.39. The minimum absolute atomic E-state index is 0.0681. The maximum absolute atomic E-state index is 13.0. The lowest BCUT2D eigenvalue weighted by Gasteiger charge is -2.43. The highest BCUT2D eigenvalue weighted by Crippen LogP contribution is 2.42. The number of alkyl halides is 3. The van der Waals surface area contributed by atoms with Gasteiger partial charge in [-0.15, -0.1) is 0 Å². The number of piperidine rings is 1. The second-order valence-corrected chi connectivity index (χ2v) is 8.47. The Morgan fingerprint density at radius 3 is 2.48 bits per heavy atom. The topological polar surface area (TPSA) is 105 Å². The van der Waals surface area contributed by atoms with Crippen molar-refractivity contribution in [2.75, 3.05) is 19.7 Å². The molecule has 2 saturated heterocycles. The molecule has 3 heterocycles. The van der Waals surface area contributed by atoms with Crippen LogP contribution in [0.3, 0.4) is 0 Å². The monoisotopic (exact) mass is 447 g/mol. The third kappa shape index (κ3) is 5.20. The number of aromatic nitrogens is 1. The molecule has 0 unspecified atom stereocenters. The van der Waals surface area contributed by atoms with Crippen LogP contribution in [0.4, 0.5) is 13.2 Å². The molecule has 11 heteroatoms. The maximum atomic E-state index is 13.0. The van der Waals surface area contributed by atoms with Gasteiger partial charge in [0.2, 0.25) is 5.91 Å². The Hall–Kier alpha value is -2.14. The fraction of sp³-hybridized carbons (Fsp3) is 0.750. The van der Waals surface area contributed by atoms with Gasteiger partial charge in [0.1, 0.15) is 5.76 Å². The first-order valence-electron chi connectivity index (χ1n) is 10.4. The number of aliphatic carboxylic acids is 1. The fourth-order valence-electron chi connectivity index (χ4n) is 4.32. The Bertz CT molecular complexity index is 789. The summed E-state index contributed by atoms with van der Waals surface area (Å²) in [5.74, 6) is -1.67. The largest absolute Gasteiger partial charge is 0.490 e. The lowest BCUT2D eigenvalue weighted by molar-refractivity contribution is -0.192. The van der Waals surface area contributed by atoms with Crippen molar-refractivity contribution in [1.29, 1.82) is 0 Å². The molecule has 4 rings (SSSR count). The molecular weight excluding hydrogens is 419 g/mol. The zero-order valence-electron chi connectivity index (χ0n) is 17.6. The molecule has 1 aliphatic carbocycles. The zero-order valence-corrected chi connectivity index (χ0v) is 17.6. The highest BCUT2D eigenvalue weighted by Gasteiger charge is 2.53. The van der Waals surface area contributed by atoms with Gasteiger partial charge in [-0.2, -0.15) is 13.2 Å². The van der Waals surface area contributed by atoms with Crippen LogP contribution in [0, 0.1) is 19.3 Å². The molecule has 1 saturated carbocycles. The number of carboxylic acid groups (broad SMARTS) is 1. The Balaban J connectivity index is 0.000000339. The number of amides is 1. The number of carbonyl (C=O) groups is 2. The quantitative estimate of drug-likeness (QED) is 0.731. The van der Waals surface area contributed by atoms with E-state index in [1.54, 1.807) is 0 Å². The van der Waals surface area contributed by atoms with Crippen molar-refractivity contribution in [3.63, 3.8) is 0 Å². The van der Waals surface area contributed by atoms with Crippen molar-refractivity contribution in [2.24, 2.45) is 5.41 Å². The molecule has 1 aromatic rings. The molecule has 31 heavy (non-hydrogen) atoms. The smallest absolute Gasteiger partial charge is 0.475 e. The molecule has 0 radical (unpaired) electrons. The zero-order chi connectivity index (χ0) is 22.8. The average molecular weight is 447 g/mol. The minimum atomic E-state index is -5.08. The van der Waals surface area contributed by atoms with E-state index < -0.39 is 12.1 Å². The molecule has 1 amide bonds. The van der Waals surface area contributed by atoms with E-state index in [0.717, 1.165) is 62.3 Å². The number of rotatable bonds is 4. The van der Waals surface area contributed by atoms with Crippen LogP contribution in [-0.2, 0) is 20.9 Å². The van der Waals surface area contributed by atoms with Gasteiger partial charge in [0.15, 0.2) is 0 Å². The second-order valence-electron chi connectivity index (χ2n) is 8.47. The minimum Gasteiger partial charge on any atom is -0.475 e. The molecule has 0 aromatic carbocycles. The number of carbonyl (C=O) groups excluding carboxylic acids is 1. The second kappa shape index (κ2) is 9.15. The van der Waals surface area contributed by atoms with E-state index in [1.807, 2.05) is 13.8 Å². The van der Waals surface area contributed by atoms with Gasteiger partial charge in [0, 0.05) is 37.8 Å². The predicted molar refractivity (Wildman–Crippen MR) is 102 cm³/mol. The number of hydrogen-bond donors (Lipinski definition) is 2. The Morgan fingerprint density at radius 1 is 1.29 bits per heavy atom. The van der Waals surface area contributed by atoms with Crippen molar-refractivity contribution in [3.05, 3.63) is 17.0 Å². The van der Waals surface area contributed by atoms with Crippen molar-refractivity contribution >= 4 is 11.9 Å². The molecule has 0 bridgehead atoms. The molecule has 174 valence electrons. The number of nitrogens with one attached hydrogen (secondary N) is 1. The van der Waals surface area contributed by atoms with Gasteiger partial charge in [0.25, 0.3) is 0 Å². The summed E-state index contributed by atoms with van der Waals surface area (Å²) >= 11 is 0. The summed E-state index contributed by atoms with van der Waals surface area (Å²) in [5, 5.41) is 14.5. The number of nitrogens with zero attached hydrogens (tertiary/aromatic N) is 2. The molecule has 2 atom stereocenters. The normalized spacial score (nSPS) is 26.4. The number of halogens is 3. The summed E-state index contributed by atoms with van der Waals surface area (Å²) in [6, 6.07) is 0.381. The summed E-state index contributed by atoms with van der Waals surface area (Å²) in [7, 11) is 0. The van der Waals surface area contributed by atoms with Crippen LogP contribution in [0.1, 0.15) is 49.1 Å². The average Bonchev–Trinajstić information content (AvgIpc) is 3.23. The highest BCUT2D eigenvalue weighted by atomic mass is 19.4. The van der Waals surface area contributed by atoms with Crippen LogP contribution in [0.15, 0.2) is 4.52 Å². The number of hydrogen-bond acceptors (Lipinski definition) is 6. The summed E-state index contributed by atoms with van der Waals surface area (Å²) in [6.45, 7) is 7.15. The van der Waals surface area contributed by atoms with Gasteiger partial charge in [-0.05, 0) is 46.0 Å². The number of fused-ring (bicyclic) bond motifs is 1. The van der Waals surface area contributed by atoms with E-state index in [9.17, 15) is 18.0 Å². The predicted octanol–water partition coefficient (Wildman–Crippen LogP) is 2.57. The Kier molecular flexibility index (Phi) is 6.95. The fourth-order valence-corrected chi connectivity index (χ4v) is 4.32. The molecule has 3 aliphatic rings. The van der Waals surface area contributed by atoms with Crippen LogP contribution >= 0.6 is 0 Å². The van der Waals surface area contributed by atoms with Crippen molar-refractivity contribution < 1.29 is 37.1 Å². The van der Waals surface area contributed by atoms with Crippen LogP contribution in [0.25, 0.3) is 0 Å².